The number of hydrogen-bond donors (Lipinski definition) is 2. The molecule has 0 heterocycles. The van der Waals surface area contributed by atoms with E-state index in [0.29, 0.717) is 23.4 Å². The summed E-state index contributed by atoms with van der Waals surface area (Å²) in [6, 6.07) is 0. The summed E-state index contributed by atoms with van der Waals surface area (Å²) in [5.41, 5.74) is 2.84. The zero-order valence-electron chi connectivity index (χ0n) is 12.7. The number of fused-ring (bicyclic) bond motifs is 2. The number of nitrogens with one attached hydrogen (secondary N) is 1. The highest BCUT2D eigenvalue weighted by atomic mass is 16.5. The lowest BCUT2D eigenvalue weighted by molar-refractivity contribution is -0.123. The van der Waals surface area contributed by atoms with Gasteiger partial charge in [-0.2, -0.15) is 0 Å². The van der Waals surface area contributed by atoms with Crippen molar-refractivity contribution in [2.24, 2.45) is 22.6 Å². The number of amides is 1. The summed E-state index contributed by atoms with van der Waals surface area (Å²) in [6.07, 6.45) is 5.43. The number of ether oxygens (including phenoxy) is 1. The summed E-state index contributed by atoms with van der Waals surface area (Å²) in [6.45, 7) is 9.22. The van der Waals surface area contributed by atoms with Crippen LogP contribution >= 0.6 is 0 Å². The van der Waals surface area contributed by atoms with Gasteiger partial charge in [0.1, 0.15) is 0 Å². The van der Waals surface area contributed by atoms with E-state index in [1.807, 2.05) is 0 Å². The lowest BCUT2D eigenvalue weighted by atomic mass is 9.70. The third kappa shape index (κ3) is 2.40. The molecule has 2 saturated carbocycles. The van der Waals surface area contributed by atoms with Gasteiger partial charge in [0.25, 0.3) is 0 Å². The van der Waals surface area contributed by atoms with Crippen LogP contribution in [0.1, 0.15) is 59.8 Å². The van der Waals surface area contributed by atoms with Crippen LogP contribution in [0.15, 0.2) is 0 Å². The second-order valence-electron chi connectivity index (χ2n) is 7.15. The van der Waals surface area contributed by atoms with Crippen molar-refractivity contribution in [2.75, 3.05) is 0 Å². The van der Waals surface area contributed by atoms with Gasteiger partial charge in [-0.05, 0) is 49.4 Å². The van der Waals surface area contributed by atoms with E-state index in [4.69, 9.17) is 10.6 Å². The largest absolute Gasteiger partial charge is 0.375 e. The first kappa shape index (κ1) is 14.8. The lowest BCUT2D eigenvalue weighted by Crippen LogP contribution is -2.39. The van der Waals surface area contributed by atoms with Crippen molar-refractivity contribution in [1.29, 1.82) is 0 Å². The molecule has 2 rings (SSSR count). The lowest BCUT2D eigenvalue weighted by Gasteiger charge is -2.40. The van der Waals surface area contributed by atoms with E-state index in [1.54, 1.807) is 0 Å². The van der Waals surface area contributed by atoms with Crippen molar-refractivity contribution in [1.82, 2.24) is 5.43 Å². The molecular formula is C15H28N2O2. The Hall–Kier alpha value is -0.610. The van der Waals surface area contributed by atoms with Gasteiger partial charge in [-0.15, -0.1) is 0 Å². The predicted octanol–water partition coefficient (Wildman–Crippen LogP) is 2.38. The van der Waals surface area contributed by atoms with Crippen molar-refractivity contribution < 1.29 is 9.53 Å². The van der Waals surface area contributed by atoms with Crippen LogP contribution in [0.4, 0.5) is 0 Å². The molecule has 1 amide bonds. The molecule has 4 heteroatoms. The maximum absolute atomic E-state index is 11.2. The molecule has 2 aliphatic rings. The van der Waals surface area contributed by atoms with Gasteiger partial charge >= 0.3 is 0 Å². The first-order valence-electron chi connectivity index (χ1n) is 7.46. The highest BCUT2D eigenvalue weighted by Crippen LogP contribution is 2.66. The Balaban J connectivity index is 1.89. The molecule has 2 fully saturated rings. The number of nitrogens with two attached hydrogens (primary N) is 1. The number of rotatable bonds is 5. The standard InChI is InChI=1S/C15H28N2O2/c1-10(5-6-13(18)17-16)19-12-9-11-7-8-15(12,4)14(11,2)3/h10-12H,5-9,16H2,1-4H3,(H,17,18). The Morgan fingerprint density at radius 1 is 1.47 bits per heavy atom. The van der Waals surface area contributed by atoms with Crippen LogP contribution in [0.3, 0.4) is 0 Å². The predicted molar refractivity (Wildman–Crippen MR) is 75.1 cm³/mol. The fourth-order valence-electron chi connectivity index (χ4n) is 4.09. The molecule has 0 radical (unpaired) electrons. The number of carbonyl (C=O) groups excluding carboxylic acids is 1. The van der Waals surface area contributed by atoms with Crippen molar-refractivity contribution >= 4 is 5.91 Å². The zero-order chi connectivity index (χ0) is 14.3. The molecule has 4 atom stereocenters. The molecule has 2 bridgehead atoms. The Morgan fingerprint density at radius 2 is 2.16 bits per heavy atom. The fraction of sp³-hybridized carbons (Fsp3) is 0.933. The monoisotopic (exact) mass is 268 g/mol. The van der Waals surface area contributed by atoms with Crippen LogP contribution < -0.4 is 11.3 Å². The van der Waals surface area contributed by atoms with Crippen LogP contribution in [-0.4, -0.2) is 18.1 Å². The Labute approximate surface area is 116 Å². The molecule has 0 aromatic rings. The zero-order valence-corrected chi connectivity index (χ0v) is 12.7. The van der Waals surface area contributed by atoms with Gasteiger partial charge in [-0.3, -0.25) is 10.2 Å². The van der Waals surface area contributed by atoms with Crippen molar-refractivity contribution in [3.63, 3.8) is 0 Å². The molecule has 2 aliphatic carbocycles. The Bertz CT molecular complexity index is 356. The minimum absolute atomic E-state index is 0.116. The quantitative estimate of drug-likeness (QED) is 0.457. The number of hydrogen-bond acceptors (Lipinski definition) is 3. The minimum atomic E-state index is -0.116. The summed E-state index contributed by atoms with van der Waals surface area (Å²) in [7, 11) is 0. The maximum atomic E-state index is 11.2. The molecule has 0 aromatic carbocycles. The van der Waals surface area contributed by atoms with Gasteiger partial charge in [-0.25, -0.2) is 5.84 Å². The molecule has 4 unspecified atom stereocenters. The third-order valence-electron chi connectivity index (χ3n) is 6.05. The van der Waals surface area contributed by atoms with Gasteiger partial charge in [0.05, 0.1) is 12.2 Å². The first-order valence-corrected chi connectivity index (χ1v) is 7.46. The summed E-state index contributed by atoms with van der Waals surface area (Å²) < 4.78 is 6.26. The van der Waals surface area contributed by atoms with Crippen molar-refractivity contribution in [2.45, 2.75) is 72.0 Å². The highest BCUT2D eigenvalue weighted by molar-refractivity contribution is 5.75. The first-order chi connectivity index (χ1) is 8.81. The van der Waals surface area contributed by atoms with Gasteiger partial charge < -0.3 is 4.74 Å². The van der Waals surface area contributed by atoms with Crippen LogP contribution in [0.25, 0.3) is 0 Å². The third-order valence-corrected chi connectivity index (χ3v) is 6.05. The molecule has 4 nitrogen and oxygen atoms in total. The van der Waals surface area contributed by atoms with Gasteiger partial charge in [0.2, 0.25) is 5.91 Å². The van der Waals surface area contributed by atoms with E-state index >= 15 is 0 Å². The Kier molecular flexibility index (Phi) is 3.94. The molecular weight excluding hydrogens is 240 g/mol. The van der Waals surface area contributed by atoms with E-state index in [9.17, 15) is 4.79 Å². The van der Waals surface area contributed by atoms with Gasteiger partial charge in [0, 0.05) is 6.42 Å². The summed E-state index contributed by atoms with van der Waals surface area (Å²) >= 11 is 0. The molecule has 0 saturated heterocycles. The average Bonchev–Trinajstić information content (AvgIpc) is 2.69. The smallest absolute Gasteiger partial charge is 0.233 e. The van der Waals surface area contributed by atoms with Crippen LogP contribution in [-0.2, 0) is 9.53 Å². The molecule has 0 aromatic heterocycles. The van der Waals surface area contributed by atoms with Crippen molar-refractivity contribution in [3.8, 4) is 0 Å². The van der Waals surface area contributed by atoms with E-state index in [-0.39, 0.29) is 12.0 Å². The van der Waals surface area contributed by atoms with Gasteiger partial charge in [-0.1, -0.05) is 20.8 Å². The molecule has 19 heavy (non-hydrogen) atoms. The van der Waals surface area contributed by atoms with Gasteiger partial charge in [0.15, 0.2) is 0 Å². The Morgan fingerprint density at radius 3 is 2.63 bits per heavy atom. The maximum Gasteiger partial charge on any atom is 0.233 e. The second-order valence-corrected chi connectivity index (χ2v) is 7.15. The van der Waals surface area contributed by atoms with E-state index in [1.165, 1.54) is 19.3 Å². The second kappa shape index (κ2) is 5.06. The minimum Gasteiger partial charge on any atom is -0.375 e. The summed E-state index contributed by atoms with van der Waals surface area (Å²) in [5, 5.41) is 0. The molecule has 0 spiro atoms. The van der Waals surface area contributed by atoms with Crippen LogP contribution in [0.2, 0.25) is 0 Å². The van der Waals surface area contributed by atoms with Crippen LogP contribution in [0, 0.1) is 16.7 Å². The summed E-state index contributed by atoms with van der Waals surface area (Å²) in [4.78, 5) is 11.2. The van der Waals surface area contributed by atoms with Crippen LogP contribution in [0.5, 0.6) is 0 Å². The van der Waals surface area contributed by atoms with E-state index < -0.39 is 0 Å². The molecule has 0 aliphatic heterocycles. The molecule has 110 valence electrons. The number of hydrazine groups is 1. The number of carbonyl (C=O) groups is 1. The van der Waals surface area contributed by atoms with E-state index in [0.717, 1.165) is 12.3 Å². The van der Waals surface area contributed by atoms with E-state index in [2.05, 4.69) is 33.1 Å². The normalized spacial score (nSPS) is 37.3. The average molecular weight is 268 g/mol. The van der Waals surface area contributed by atoms with Crippen molar-refractivity contribution in [3.05, 3.63) is 0 Å². The highest BCUT2D eigenvalue weighted by Gasteiger charge is 2.62. The molecule has 3 N–H and O–H groups in total. The topological polar surface area (TPSA) is 64.4 Å². The fourth-order valence-corrected chi connectivity index (χ4v) is 4.09. The SMILES string of the molecule is CC(CCC(=O)NN)OC1CC2CCC1(C)C2(C)C. The summed E-state index contributed by atoms with van der Waals surface area (Å²) in [5.74, 6) is 5.77.